The Kier molecular flexibility index (Phi) is 5.87. The summed E-state index contributed by atoms with van der Waals surface area (Å²) in [7, 11) is 0. The summed E-state index contributed by atoms with van der Waals surface area (Å²) in [6.07, 6.45) is 3.45. The lowest BCUT2D eigenvalue weighted by atomic mass is 10.1. The molecule has 0 saturated carbocycles. The minimum absolute atomic E-state index is 0.0509. The van der Waals surface area contributed by atoms with Crippen molar-refractivity contribution in [3.63, 3.8) is 0 Å². The predicted molar refractivity (Wildman–Crippen MR) is 78.7 cm³/mol. The molecule has 19 heavy (non-hydrogen) atoms. The average Bonchev–Trinajstić information content (AvgIpc) is 2.33. The minimum Gasteiger partial charge on any atom is -0.494 e. The number of benzene rings is 1. The van der Waals surface area contributed by atoms with E-state index in [0.29, 0.717) is 5.56 Å². The van der Waals surface area contributed by atoms with Crippen LogP contribution in [0.3, 0.4) is 0 Å². The van der Waals surface area contributed by atoms with Crippen molar-refractivity contribution in [1.29, 1.82) is 0 Å². The highest BCUT2D eigenvalue weighted by atomic mass is 16.5. The SMILES string of the molecule is CCCCCOc1ccc(C(=O)NC(C)(C)C)cc1. The number of unbranched alkanes of at least 4 members (excludes halogenated alkanes) is 2. The van der Waals surface area contributed by atoms with Crippen LogP contribution in [0.25, 0.3) is 0 Å². The largest absolute Gasteiger partial charge is 0.494 e. The lowest BCUT2D eigenvalue weighted by molar-refractivity contribution is 0.0919. The van der Waals surface area contributed by atoms with Gasteiger partial charge in [0.1, 0.15) is 5.75 Å². The number of hydrogen-bond donors (Lipinski definition) is 1. The maximum Gasteiger partial charge on any atom is 0.251 e. The van der Waals surface area contributed by atoms with Gasteiger partial charge in [-0.2, -0.15) is 0 Å². The molecule has 1 aromatic carbocycles. The Balaban J connectivity index is 2.49. The van der Waals surface area contributed by atoms with E-state index < -0.39 is 0 Å². The summed E-state index contributed by atoms with van der Waals surface area (Å²) >= 11 is 0. The van der Waals surface area contributed by atoms with Gasteiger partial charge in [0.2, 0.25) is 0 Å². The molecule has 0 unspecified atom stereocenters. The number of nitrogens with one attached hydrogen (secondary N) is 1. The van der Waals surface area contributed by atoms with Crippen molar-refractivity contribution >= 4 is 5.91 Å². The van der Waals surface area contributed by atoms with E-state index in [9.17, 15) is 4.79 Å². The first-order chi connectivity index (χ1) is 8.92. The highest BCUT2D eigenvalue weighted by molar-refractivity contribution is 5.94. The first kappa shape index (κ1) is 15.5. The van der Waals surface area contributed by atoms with Crippen molar-refractivity contribution in [2.45, 2.75) is 52.5 Å². The molecule has 106 valence electrons. The second kappa shape index (κ2) is 7.17. The molecule has 1 rings (SSSR count). The molecule has 1 aromatic rings. The molecule has 0 aromatic heterocycles. The lowest BCUT2D eigenvalue weighted by Gasteiger charge is -2.20. The summed E-state index contributed by atoms with van der Waals surface area (Å²) in [5.74, 6) is 0.772. The lowest BCUT2D eigenvalue weighted by Crippen LogP contribution is -2.40. The summed E-state index contributed by atoms with van der Waals surface area (Å²) in [6, 6.07) is 7.31. The van der Waals surface area contributed by atoms with E-state index in [1.54, 1.807) is 12.1 Å². The van der Waals surface area contributed by atoms with Gasteiger partial charge in [0.15, 0.2) is 0 Å². The third-order valence-corrected chi connectivity index (χ3v) is 2.62. The molecule has 3 nitrogen and oxygen atoms in total. The van der Waals surface area contributed by atoms with Crippen LogP contribution in [0.1, 0.15) is 57.3 Å². The zero-order chi connectivity index (χ0) is 14.3. The van der Waals surface area contributed by atoms with Gasteiger partial charge in [-0.3, -0.25) is 4.79 Å². The molecule has 0 aliphatic heterocycles. The first-order valence-corrected chi connectivity index (χ1v) is 6.98. The molecule has 1 N–H and O–H groups in total. The normalized spacial score (nSPS) is 11.2. The van der Waals surface area contributed by atoms with Crippen molar-refractivity contribution in [2.75, 3.05) is 6.61 Å². The van der Waals surface area contributed by atoms with Crippen LogP contribution in [0.4, 0.5) is 0 Å². The fourth-order valence-electron chi connectivity index (χ4n) is 1.66. The molecular weight excluding hydrogens is 238 g/mol. The molecule has 0 radical (unpaired) electrons. The average molecular weight is 263 g/mol. The van der Waals surface area contributed by atoms with Gasteiger partial charge in [0.05, 0.1) is 6.61 Å². The Hall–Kier alpha value is -1.51. The van der Waals surface area contributed by atoms with Crippen LogP contribution >= 0.6 is 0 Å². The van der Waals surface area contributed by atoms with Crippen LogP contribution in [-0.2, 0) is 0 Å². The molecule has 1 amide bonds. The van der Waals surface area contributed by atoms with Gasteiger partial charge >= 0.3 is 0 Å². The summed E-state index contributed by atoms with van der Waals surface area (Å²) in [4.78, 5) is 11.9. The molecule has 0 saturated heterocycles. The second-order valence-corrected chi connectivity index (χ2v) is 5.78. The minimum atomic E-state index is -0.216. The van der Waals surface area contributed by atoms with E-state index in [4.69, 9.17) is 4.74 Å². The first-order valence-electron chi connectivity index (χ1n) is 6.98. The van der Waals surface area contributed by atoms with Crippen molar-refractivity contribution < 1.29 is 9.53 Å². The number of carbonyl (C=O) groups excluding carboxylic acids is 1. The Morgan fingerprint density at radius 3 is 2.32 bits per heavy atom. The van der Waals surface area contributed by atoms with E-state index in [1.165, 1.54) is 12.8 Å². The van der Waals surface area contributed by atoms with Crippen molar-refractivity contribution in [1.82, 2.24) is 5.32 Å². The Morgan fingerprint density at radius 2 is 1.79 bits per heavy atom. The molecule has 3 heteroatoms. The fraction of sp³-hybridized carbons (Fsp3) is 0.562. The number of amides is 1. The number of carbonyl (C=O) groups is 1. The maximum absolute atomic E-state index is 11.9. The number of rotatable bonds is 6. The van der Waals surface area contributed by atoms with Gasteiger partial charge in [-0.1, -0.05) is 19.8 Å². The van der Waals surface area contributed by atoms with E-state index in [0.717, 1.165) is 18.8 Å². The maximum atomic E-state index is 11.9. The van der Waals surface area contributed by atoms with Gasteiger partial charge in [0, 0.05) is 11.1 Å². The zero-order valence-electron chi connectivity index (χ0n) is 12.5. The summed E-state index contributed by atoms with van der Waals surface area (Å²) < 4.78 is 5.61. The van der Waals surface area contributed by atoms with Gasteiger partial charge in [-0.25, -0.2) is 0 Å². The monoisotopic (exact) mass is 263 g/mol. The zero-order valence-corrected chi connectivity index (χ0v) is 12.5. The quantitative estimate of drug-likeness (QED) is 0.793. The van der Waals surface area contributed by atoms with Gasteiger partial charge in [-0.15, -0.1) is 0 Å². The highest BCUT2D eigenvalue weighted by Gasteiger charge is 2.14. The van der Waals surface area contributed by atoms with Crippen LogP contribution in [-0.4, -0.2) is 18.1 Å². The van der Waals surface area contributed by atoms with Crippen LogP contribution in [0.15, 0.2) is 24.3 Å². The van der Waals surface area contributed by atoms with Crippen LogP contribution in [0, 0.1) is 0 Å². The molecule has 0 fully saturated rings. The van der Waals surface area contributed by atoms with Gasteiger partial charge < -0.3 is 10.1 Å². The Morgan fingerprint density at radius 1 is 1.16 bits per heavy atom. The molecular formula is C16H25NO2. The summed E-state index contributed by atoms with van der Waals surface area (Å²) in [6.45, 7) is 8.81. The van der Waals surface area contributed by atoms with E-state index in [-0.39, 0.29) is 11.4 Å². The van der Waals surface area contributed by atoms with Crippen LogP contribution < -0.4 is 10.1 Å². The van der Waals surface area contributed by atoms with Gasteiger partial charge in [-0.05, 0) is 51.5 Å². The summed E-state index contributed by atoms with van der Waals surface area (Å²) in [5, 5.41) is 2.94. The smallest absolute Gasteiger partial charge is 0.251 e. The van der Waals surface area contributed by atoms with E-state index >= 15 is 0 Å². The third kappa shape index (κ3) is 6.27. The van der Waals surface area contributed by atoms with Crippen LogP contribution in [0.2, 0.25) is 0 Å². The molecule has 0 aliphatic carbocycles. The van der Waals surface area contributed by atoms with Crippen molar-refractivity contribution in [3.8, 4) is 5.75 Å². The number of hydrogen-bond acceptors (Lipinski definition) is 2. The summed E-state index contributed by atoms with van der Waals surface area (Å²) in [5.41, 5.74) is 0.447. The molecule has 0 aliphatic rings. The van der Waals surface area contributed by atoms with Gasteiger partial charge in [0.25, 0.3) is 5.91 Å². The molecule has 0 bridgehead atoms. The Bertz CT molecular complexity index is 390. The highest BCUT2D eigenvalue weighted by Crippen LogP contribution is 2.13. The second-order valence-electron chi connectivity index (χ2n) is 5.78. The predicted octanol–water partition coefficient (Wildman–Crippen LogP) is 3.78. The van der Waals surface area contributed by atoms with Crippen molar-refractivity contribution in [3.05, 3.63) is 29.8 Å². The third-order valence-electron chi connectivity index (χ3n) is 2.62. The Labute approximate surface area is 116 Å². The number of ether oxygens (including phenoxy) is 1. The topological polar surface area (TPSA) is 38.3 Å². The standard InChI is InChI=1S/C16H25NO2/c1-5-6-7-12-19-14-10-8-13(9-11-14)15(18)17-16(2,3)4/h8-11H,5-7,12H2,1-4H3,(H,17,18). The fourth-order valence-corrected chi connectivity index (χ4v) is 1.66. The molecule has 0 atom stereocenters. The van der Waals surface area contributed by atoms with E-state index in [2.05, 4.69) is 12.2 Å². The molecule has 0 heterocycles. The van der Waals surface area contributed by atoms with Crippen molar-refractivity contribution in [2.24, 2.45) is 0 Å². The van der Waals surface area contributed by atoms with Crippen LogP contribution in [0.5, 0.6) is 5.75 Å². The molecule has 0 spiro atoms. The van der Waals surface area contributed by atoms with E-state index in [1.807, 2.05) is 32.9 Å².